The highest BCUT2D eigenvalue weighted by molar-refractivity contribution is 9.10. The monoisotopic (exact) mass is 395 g/mol. The Labute approximate surface area is 154 Å². The van der Waals surface area contributed by atoms with Crippen LogP contribution in [0.1, 0.15) is 28.4 Å². The molecular weight excluding hydrogens is 381 g/mol. The lowest BCUT2D eigenvalue weighted by atomic mass is 9.96. The topological polar surface area (TPSA) is 21.6 Å². The normalized spacial score (nSPS) is 16.0. The lowest BCUT2D eigenvalue weighted by molar-refractivity contribution is 0.229. The Hall–Kier alpha value is -2.46. The van der Waals surface area contributed by atoms with Gasteiger partial charge in [-0.3, -0.25) is 0 Å². The number of benzene rings is 3. The molecule has 1 aliphatic rings. The van der Waals surface area contributed by atoms with E-state index in [-0.39, 0.29) is 11.9 Å². The molecule has 1 aliphatic heterocycles. The lowest BCUT2D eigenvalue weighted by Gasteiger charge is -2.27. The third kappa shape index (κ3) is 3.22. The number of nitrogens with zero attached hydrogens (tertiary/aromatic N) is 1. The lowest BCUT2D eigenvalue weighted by Crippen LogP contribution is -2.18. The van der Waals surface area contributed by atoms with Crippen molar-refractivity contribution in [2.75, 3.05) is 0 Å². The fourth-order valence-corrected chi connectivity index (χ4v) is 3.17. The Balaban J connectivity index is 1.83. The summed E-state index contributed by atoms with van der Waals surface area (Å²) in [6, 6.07) is 20.4. The van der Waals surface area contributed by atoms with Gasteiger partial charge in [0.15, 0.2) is 6.10 Å². The van der Waals surface area contributed by atoms with E-state index in [0.29, 0.717) is 5.90 Å². The number of hydrogen-bond acceptors (Lipinski definition) is 2. The number of rotatable bonds is 2. The third-order valence-corrected chi connectivity index (χ3v) is 4.71. The van der Waals surface area contributed by atoms with Crippen molar-refractivity contribution in [1.82, 2.24) is 0 Å². The predicted octanol–water partition coefficient (Wildman–Crippen LogP) is 6.09. The van der Waals surface area contributed by atoms with Gasteiger partial charge in [0.25, 0.3) is 0 Å². The van der Waals surface area contributed by atoms with Gasteiger partial charge in [0.1, 0.15) is 5.82 Å². The Morgan fingerprint density at radius 3 is 2.40 bits per heavy atom. The van der Waals surface area contributed by atoms with E-state index in [9.17, 15) is 4.39 Å². The fourth-order valence-electron chi connectivity index (χ4n) is 2.91. The number of aliphatic imine (C=N–C) groups is 1. The standard InChI is InChI=1S/C21H15BrFNO/c1-13-2-11-19-18(12-13)20(14-5-9-17(23)10-6-14)25-21(24-19)15-3-7-16(22)8-4-15/h2-12,20H,1H3/t20-/m1/s1. The molecule has 0 aliphatic carbocycles. The molecule has 1 atom stereocenters. The molecule has 4 rings (SSSR count). The molecule has 1 heterocycles. The first kappa shape index (κ1) is 16.0. The van der Waals surface area contributed by atoms with Gasteiger partial charge in [-0.25, -0.2) is 9.38 Å². The molecule has 4 heteroatoms. The maximum Gasteiger partial charge on any atom is 0.222 e. The van der Waals surface area contributed by atoms with E-state index in [1.807, 2.05) is 43.3 Å². The summed E-state index contributed by atoms with van der Waals surface area (Å²) in [6.45, 7) is 2.04. The van der Waals surface area contributed by atoms with E-state index in [1.54, 1.807) is 12.1 Å². The molecule has 0 fully saturated rings. The maximum atomic E-state index is 13.3. The second kappa shape index (κ2) is 6.45. The zero-order valence-electron chi connectivity index (χ0n) is 13.5. The first-order chi connectivity index (χ1) is 12.1. The summed E-state index contributed by atoms with van der Waals surface area (Å²) >= 11 is 3.44. The van der Waals surface area contributed by atoms with E-state index in [2.05, 4.69) is 27.0 Å². The van der Waals surface area contributed by atoms with E-state index in [4.69, 9.17) is 4.74 Å². The molecule has 0 aromatic heterocycles. The molecule has 124 valence electrons. The number of ether oxygens (including phenoxy) is 1. The molecule has 0 N–H and O–H groups in total. The summed E-state index contributed by atoms with van der Waals surface area (Å²) in [5, 5.41) is 0. The molecule has 0 unspecified atom stereocenters. The summed E-state index contributed by atoms with van der Waals surface area (Å²) in [4.78, 5) is 4.68. The average molecular weight is 396 g/mol. The number of aryl methyl sites for hydroxylation is 1. The molecule has 3 aromatic rings. The van der Waals surface area contributed by atoms with Crippen molar-refractivity contribution in [2.45, 2.75) is 13.0 Å². The van der Waals surface area contributed by atoms with E-state index in [0.717, 1.165) is 32.4 Å². The average Bonchev–Trinajstić information content (AvgIpc) is 2.62. The maximum absolute atomic E-state index is 13.3. The second-order valence-electron chi connectivity index (χ2n) is 6.04. The van der Waals surface area contributed by atoms with Crippen LogP contribution in [0.15, 0.2) is 76.2 Å². The van der Waals surface area contributed by atoms with Gasteiger partial charge >= 0.3 is 0 Å². The van der Waals surface area contributed by atoms with Gasteiger partial charge < -0.3 is 4.74 Å². The number of halogens is 2. The van der Waals surface area contributed by atoms with Crippen molar-refractivity contribution in [3.8, 4) is 0 Å². The minimum Gasteiger partial charge on any atom is -0.464 e. The quantitative estimate of drug-likeness (QED) is 0.513. The van der Waals surface area contributed by atoms with Crippen LogP contribution in [0.25, 0.3) is 0 Å². The van der Waals surface area contributed by atoms with Gasteiger partial charge in [0.2, 0.25) is 5.90 Å². The summed E-state index contributed by atoms with van der Waals surface area (Å²) in [5.74, 6) is 0.309. The first-order valence-electron chi connectivity index (χ1n) is 7.97. The highest BCUT2D eigenvalue weighted by Crippen LogP contribution is 2.38. The van der Waals surface area contributed by atoms with Crippen LogP contribution in [0.3, 0.4) is 0 Å². The molecule has 3 aromatic carbocycles. The zero-order valence-corrected chi connectivity index (χ0v) is 15.1. The van der Waals surface area contributed by atoms with Crippen LogP contribution in [-0.2, 0) is 4.74 Å². The van der Waals surface area contributed by atoms with Crippen LogP contribution < -0.4 is 0 Å². The van der Waals surface area contributed by atoms with Crippen LogP contribution >= 0.6 is 15.9 Å². The van der Waals surface area contributed by atoms with Gasteiger partial charge in [-0.2, -0.15) is 0 Å². The van der Waals surface area contributed by atoms with Crippen molar-refractivity contribution >= 4 is 27.5 Å². The smallest absolute Gasteiger partial charge is 0.222 e. The van der Waals surface area contributed by atoms with E-state index < -0.39 is 0 Å². The Kier molecular flexibility index (Phi) is 4.14. The number of hydrogen-bond donors (Lipinski definition) is 0. The summed E-state index contributed by atoms with van der Waals surface area (Å²) in [6.07, 6.45) is -0.313. The van der Waals surface area contributed by atoms with Crippen molar-refractivity contribution in [3.05, 3.63) is 99.3 Å². The minimum atomic E-state index is -0.313. The highest BCUT2D eigenvalue weighted by atomic mass is 79.9. The Bertz CT molecular complexity index is 949. The van der Waals surface area contributed by atoms with E-state index in [1.165, 1.54) is 12.1 Å². The third-order valence-electron chi connectivity index (χ3n) is 4.18. The zero-order chi connectivity index (χ0) is 17.4. The van der Waals surface area contributed by atoms with Gasteiger partial charge in [-0.1, -0.05) is 39.7 Å². The van der Waals surface area contributed by atoms with Gasteiger partial charge in [-0.05, 0) is 61.0 Å². The number of fused-ring (bicyclic) bond motifs is 1. The largest absolute Gasteiger partial charge is 0.464 e. The predicted molar refractivity (Wildman–Crippen MR) is 101 cm³/mol. The summed E-state index contributed by atoms with van der Waals surface area (Å²) < 4.78 is 20.6. The van der Waals surface area contributed by atoms with Crippen LogP contribution in [0.2, 0.25) is 0 Å². The van der Waals surface area contributed by atoms with Crippen LogP contribution in [-0.4, -0.2) is 5.90 Å². The SMILES string of the molecule is Cc1ccc2c(c1)[C@@H](c1ccc(F)cc1)OC(c1ccc(Br)cc1)=N2. The second-order valence-corrected chi connectivity index (χ2v) is 6.95. The van der Waals surface area contributed by atoms with Crippen molar-refractivity contribution < 1.29 is 9.13 Å². The van der Waals surface area contributed by atoms with Crippen molar-refractivity contribution in [1.29, 1.82) is 0 Å². The van der Waals surface area contributed by atoms with Crippen molar-refractivity contribution in [2.24, 2.45) is 4.99 Å². The molecule has 0 saturated carbocycles. The molecule has 0 amide bonds. The Morgan fingerprint density at radius 1 is 0.960 bits per heavy atom. The highest BCUT2D eigenvalue weighted by Gasteiger charge is 2.26. The van der Waals surface area contributed by atoms with Gasteiger partial charge in [0, 0.05) is 15.6 Å². The summed E-state index contributed by atoms with van der Waals surface area (Å²) in [7, 11) is 0. The molecule has 0 bridgehead atoms. The molecular formula is C21H15BrFNO. The molecule has 25 heavy (non-hydrogen) atoms. The van der Waals surface area contributed by atoms with Crippen LogP contribution in [0.4, 0.5) is 10.1 Å². The van der Waals surface area contributed by atoms with Crippen molar-refractivity contribution in [3.63, 3.8) is 0 Å². The molecule has 0 spiro atoms. The first-order valence-corrected chi connectivity index (χ1v) is 8.77. The Morgan fingerprint density at radius 2 is 1.68 bits per heavy atom. The molecule has 0 saturated heterocycles. The van der Waals surface area contributed by atoms with Crippen LogP contribution in [0, 0.1) is 12.7 Å². The van der Waals surface area contributed by atoms with Crippen LogP contribution in [0.5, 0.6) is 0 Å². The fraction of sp³-hybridized carbons (Fsp3) is 0.0952. The molecule has 0 radical (unpaired) electrons. The minimum absolute atomic E-state index is 0.258. The van der Waals surface area contributed by atoms with E-state index >= 15 is 0 Å². The molecule has 2 nitrogen and oxygen atoms in total. The van der Waals surface area contributed by atoms with Gasteiger partial charge in [0.05, 0.1) is 5.69 Å². The summed E-state index contributed by atoms with van der Waals surface area (Å²) in [5.41, 5.74) is 4.81. The van der Waals surface area contributed by atoms with Gasteiger partial charge in [-0.15, -0.1) is 0 Å².